The predicted octanol–water partition coefficient (Wildman–Crippen LogP) is 3.40. The van der Waals surface area contributed by atoms with Crippen molar-refractivity contribution < 1.29 is 4.74 Å². The lowest BCUT2D eigenvalue weighted by molar-refractivity contribution is 0.414. The van der Waals surface area contributed by atoms with E-state index in [1.807, 2.05) is 24.3 Å². The maximum atomic E-state index is 8.92. The quantitative estimate of drug-likeness (QED) is 0.907. The maximum Gasteiger partial charge on any atom is 0.119 e. The van der Waals surface area contributed by atoms with Gasteiger partial charge in [0.1, 0.15) is 16.7 Å². The Morgan fingerprint density at radius 2 is 2.16 bits per heavy atom. The third-order valence-corrected chi connectivity index (χ3v) is 3.88. The van der Waals surface area contributed by atoms with E-state index in [1.54, 1.807) is 7.11 Å². The SMILES string of the molecule is CCNCc1cc(OC)ccc1-c1ccc(C#N)s1. The van der Waals surface area contributed by atoms with E-state index in [-0.39, 0.29) is 0 Å². The first-order chi connectivity index (χ1) is 9.28. The van der Waals surface area contributed by atoms with Gasteiger partial charge in [-0.1, -0.05) is 6.92 Å². The second-order valence-corrected chi connectivity index (χ2v) is 5.16. The molecule has 0 atom stereocenters. The topological polar surface area (TPSA) is 45.0 Å². The number of nitriles is 1. The van der Waals surface area contributed by atoms with Crippen LogP contribution in [0.1, 0.15) is 17.4 Å². The van der Waals surface area contributed by atoms with Gasteiger partial charge in [0, 0.05) is 11.4 Å². The Labute approximate surface area is 117 Å². The van der Waals surface area contributed by atoms with Gasteiger partial charge in [0.2, 0.25) is 0 Å². The van der Waals surface area contributed by atoms with Gasteiger partial charge in [-0.05, 0) is 48.0 Å². The summed E-state index contributed by atoms with van der Waals surface area (Å²) < 4.78 is 5.28. The molecule has 2 rings (SSSR count). The normalized spacial score (nSPS) is 10.2. The highest BCUT2D eigenvalue weighted by Gasteiger charge is 2.09. The molecule has 1 aromatic carbocycles. The lowest BCUT2D eigenvalue weighted by atomic mass is 10.1. The first-order valence-corrected chi connectivity index (χ1v) is 6.98. The summed E-state index contributed by atoms with van der Waals surface area (Å²) in [5.74, 6) is 0.855. The first-order valence-electron chi connectivity index (χ1n) is 6.16. The molecule has 0 saturated heterocycles. The van der Waals surface area contributed by atoms with E-state index in [0.29, 0.717) is 0 Å². The second kappa shape index (κ2) is 6.37. The van der Waals surface area contributed by atoms with Gasteiger partial charge in [-0.3, -0.25) is 0 Å². The molecule has 98 valence electrons. The van der Waals surface area contributed by atoms with Gasteiger partial charge in [0.05, 0.1) is 7.11 Å². The zero-order valence-corrected chi connectivity index (χ0v) is 11.9. The molecule has 0 fully saturated rings. The molecule has 3 nitrogen and oxygen atoms in total. The van der Waals surface area contributed by atoms with Gasteiger partial charge in [-0.2, -0.15) is 5.26 Å². The Kier molecular flexibility index (Phi) is 4.56. The van der Waals surface area contributed by atoms with Gasteiger partial charge in [-0.25, -0.2) is 0 Å². The van der Waals surface area contributed by atoms with Crippen molar-refractivity contribution in [2.45, 2.75) is 13.5 Å². The minimum atomic E-state index is 0.736. The smallest absolute Gasteiger partial charge is 0.119 e. The van der Waals surface area contributed by atoms with E-state index >= 15 is 0 Å². The molecule has 1 N–H and O–H groups in total. The van der Waals surface area contributed by atoms with Crippen LogP contribution in [-0.2, 0) is 6.54 Å². The van der Waals surface area contributed by atoms with E-state index in [0.717, 1.165) is 34.2 Å². The molecular weight excluding hydrogens is 256 g/mol. The van der Waals surface area contributed by atoms with Crippen LogP contribution in [0.4, 0.5) is 0 Å². The van der Waals surface area contributed by atoms with E-state index in [9.17, 15) is 0 Å². The Hall–Kier alpha value is -1.83. The average Bonchev–Trinajstić information content (AvgIpc) is 2.93. The van der Waals surface area contributed by atoms with Crippen molar-refractivity contribution in [3.63, 3.8) is 0 Å². The molecule has 4 heteroatoms. The zero-order valence-electron chi connectivity index (χ0n) is 11.1. The molecule has 19 heavy (non-hydrogen) atoms. The van der Waals surface area contributed by atoms with E-state index in [4.69, 9.17) is 10.00 Å². The van der Waals surface area contributed by atoms with Crippen molar-refractivity contribution in [2.75, 3.05) is 13.7 Å². The standard InChI is InChI=1S/C15H16N2OS/c1-3-17-10-11-8-12(18-2)4-6-14(11)15-7-5-13(9-16)19-15/h4-8,17H,3,10H2,1-2H3. The third-order valence-electron chi connectivity index (χ3n) is 2.86. The number of nitrogens with one attached hydrogen (secondary N) is 1. The third kappa shape index (κ3) is 3.14. The summed E-state index contributed by atoms with van der Waals surface area (Å²) in [6, 6.07) is 12.1. The van der Waals surface area contributed by atoms with Crippen molar-refractivity contribution in [3.8, 4) is 22.3 Å². The highest BCUT2D eigenvalue weighted by molar-refractivity contribution is 7.16. The van der Waals surface area contributed by atoms with E-state index < -0.39 is 0 Å². The van der Waals surface area contributed by atoms with Gasteiger partial charge in [0.25, 0.3) is 0 Å². The fourth-order valence-electron chi connectivity index (χ4n) is 1.89. The number of methoxy groups -OCH3 is 1. The van der Waals surface area contributed by atoms with Crippen LogP contribution in [0.3, 0.4) is 0 Å². The molecule has 0 aliphatic carbocycles. The Morgan fingerprint density at radius 3 is 2.79 bits per heavy atom. The number of rotatable bonds is 5. The largest absolute Gasteiger partial charge is 0.497 e. The predicted molar refractivity (Wildman–Crippen MR) is 78.4 cm³/mol. The summed E-state index contributed by atoms with van der Waals surface area (Å²) in [7, 11) is 1.67. The molecule has 0 spiro atoms. The summed E-state index contributed by atoms with van der Waals surface area (Å²) in [4.78, 5) is 1.85. The summed E-state index contributed by atoms with van der Waals surface area (Å²) >= 11 is 1.52. The van der Waals surface area contributed by atoms with Crippen molar-refractivity contribution in [2.24, 2.45) is 0 Å². The lowest BCUT2D eigenvalue weighted by Gasteiger charge is -2.10. The van der Waals surface area contributed by atoms with Gasteiger partial charge in [0.15, 0.2) is 0 Å². The number of nitrogens with zero attached hydrogens (tertiary/aromatic N) is 1. The molecule has 0 saturated carbocycles. The maximum absolute atomic E-state index is 8.92. The minimum absolute atomic E-state index is 0.736. The molecule has 2 aromatic rings. The first kappa shape index (κ1) is 13.6. The molecule has 0 bridgehead atoms. The molecule has 1 heterocycles. The van der Waals surface area contributed by atoms with Crippen molar-refractivity contribution >= 4 is 11.3 Å². The Balaban J connectivity index is 2.40. The van der Waals surface area contributed by atoms with Crippen LogP contribution in [0, 0.1) is 11.3 Å². The van der Waals surface area contributed by atoms with Crippen LogP contribution in [0.25, 0.3) is 10.4 Å². The Bertz CT molecular complexity index is 598. The molecule has 0 aliphatic rings. The summed E-state index contributed by atoms with van der Waals surface area (Å²) in [6.45, 7) is 3.80. The highest BCUT2D eigenvalue weighted by atomic mass is 32.1. The van der Waals surface area contributed by atoms with Gasteiger partial charge < -0.3 is 10.1 Å². The molecular formula is C15H16N2OS. The number of hydrogen-bond acceptors (Lipinski definition) is 4. The second-order valence-electron chi connectivity index (χ2n) is 4.08. The molecule has 0 unspecified atom stereocenters. The van der Waals surface area contributed by atoms with E-state index in [1.165, 1.54) is 16.9 Å². The van der Waals surface area contributed by atoms with Crippen molar-refractivity contribution in [1.29, 1.82) is 5.26 Å². The molecule has 1 aromatic heterocycles. The number of hydrogen-bond donors (Lipinski definition) is 1. The van der Waals surface area contributed by atoms with E-state index in [2.05, 4.69) is 24.4 Å². The van der Waals surface area contributed by atoms with Crippen LogP contribution in [0.15, 0.2) is 30.3 Å². The van der Waals surface area contributed by atoms with Gasteiger partial charge >= 0.3 is 0 Å². The van der Waals surface area contributed by atoms with Crippen molar-refractivity contribution in [3.05, 3.63) is 40.8 Å². The Morgan fingerprint density at radius 1 is 1.32 bits per heavy atom. The minimum Gasteiger partial charge on any atom is -0.497 e. The molecule has 0 aliphatic heterocycles. The monoisotopic (exact) mass is 272 g/mol. The number of thiophene rings is 1. The van der Waals surface area contributed by atoms with Crippen LogP contribution >= 0.6 is 11.3 Å². The summed E-state index contributed by atoms with van der Waals surface area (Å²) in [5, 5.41) is 12.2. The van der Waals surface area contributed by atoms with Gasteiger partial charge in [-0.15, -0.1) is 11.3 Å². The highest BCUT2D eigenvalue weighted by Crippen LogP contribution is 2.32. The van der Waals surface area contributed by atoms with Crippen molar-refractivity contribution in [1.82, 2.24) is 5.32 Å². The van der Waals surface area contributed by atoms with Crippen LogP contribution in [0.2, 0.25) is 0 Å². The summed E-state index contributed by atoms with van der Waals surface area (Å²) in [5.41, 5.74) is 2.35. The average molecular weight is 272 g/mol. The fraction of sp³-hybridized carbons (Fsp3) is 0.267. The number of ether oxygens (including phenoxy) is 1. The zero-order chi connectivity index (χ0) is 13.7. The number of benzene rings is 1. The molecule has 0 amide bonds. The lowest BCUT2D eigenvalue weighted by Crippen LogP contribution is -2.12. The van der Waals surface area contributed by atoms with Crippen LogP contribution in [0.5, 0.6) is 5.75 Å². The fourth-order valence-corrected chi connectivity index (χ4v) is 2.75. The van der Waals surface area contributed by atoms with Crippen LogP contribution < -0.4 is 10.1 Å². The van der Waals surface area contributed by atoms with Crippen LogP contribution in [-0.4, -0.2) is 13.7 Å². The summed E-state index contributed by atoms with van der Waals surface area (Å²) in [6.07, 6.45) is 0. The molecule has 0 radical (unpaired) electrons.